The fraction of sp³-hybridized carbons (Fsp3) is 0.625. The second-order valence-electron chi connectivity index (χ2n) is 4.92. The summed E-state index contributed by atoms with van der Waals surface area (Å²) in [6, 6.07) is 8.26. The maximum Gasteiger partial charge on any atom is 0.119 e. The molecule has 0 heterocycles. The molecule has 3 heteroatoms. The Morgan fingerprint density at radius 2 is 1.79 bits per heavy atom. The summed E-state index contributed by atoms with van der Waals surface area (Å²) >= 11 is 0. The molecule has 0 aliphatic heterocycles. The van der Waals surface area contributed by atoms with E-state index in [1.165, 1.54) is 12.0 Å². The molecule has 1 rings (SSSR count). The summed E-state index contributed by atoms with van der Waals surface area (Å²) in [5.74, 6) is 0.929. The first-order chi connectivity index (χ1) is 9.21. The Bertz CT molecular complexity index is 337. The molecule has 19 heavy (non-hydrogen) atoms. The van der Waals surface area contributed by atoms with Gasteiger partial charge in [0.05, 0.1) is 6.61 Å². The maximum atomic E-state index is 6.27. The first kappa shape index (κ1) is 16.0. The lowest BCUT2D eigenvalue weighted by molar-refractivity contribution is 0.271. The van der Waals surface area contributed by atoms with Crippen LogP contribution in [0.15, 0.2) is 24.3 Å². The molecule has 1 unspecified atom stereocenters. The van der Waals surface area contributed by atoms with Gasteiger partial charge >= 0.3 is 0 Å². The number of ether oxygens (including phenoxy) is 1. The lowest BCUT2D eigenvalue weighted by Gasteiger charge is -2.24. The average molecular weight is 264 g/mol. The zero-order valence-electron chi connectivity index (χ0n) is 12.6. The highest BCUT2D eigenvalue weighted by atomic mass is 16.5. The van der Waals surface area contributed by atoms with Crippen LogP contribution in [0.4, 0.5) is 0 Å². The van der Waals surface area contributed by atoms with E-state index >= 15 is 0 Å². The first-order valence-corrected chi connectivity index (χ1v) is 7.41. The molecule has 0 saturated heterocycles. The third kappa shape index (κ3) is 5.62. The zero-order valence-corrected chi connectivity index (χ0v) is 12.6. The molecular formula is C16H28N2O. The van der Waals surface area contributed by atoms with Gasteiger partial charge < -0.3 is 15.4 Å². The number of nitrogens with two attached hydrogens (primary N) is 1. The van der Waals surface area contributed by atoms with Crippen molar-refractivity contribution >= 4 is 0 Å². The van der Waals surface area contributed by atoms with E-state index in [1.807, 2.05) is 12.1 Å². The van der Waals surface area contributed by atoms with Gasteiger partial charge in [-0.2, -0.15) is 0 Å². The summed E-state index contributed by atoms with van der Waals surface area (Å²) in [4.78, 5) is 2.40. The maximum absolute atomic E-state index is 6.27. The number of likely N-dealkylation sites (N-methyl/N-ethyl adjacent to an activating group) is 1. The van der Waals surface area contributed by atoms with Crippen LogP contribution in [0.2, 0.25) is 0 Å². The van der Waals surface area contributed by atoms with Crippen molar-refractivity contribution in [2.45, 2.75) is 39.7 Å². The second-order valence-corrected chi connectivity index (χ2v) is 4.92. The SMILES string of the molecule is CCCOc1ccc(C(N)CN(CC)CCC)cc1. The Morgan fingerprint density at radius 1 is 1.11 bits per heavy atom. The van der Waals surface area contributed by atoms with E-state index in [4.69, 9.17) is 10.5 Å². The molecule has 0 radical (unpaired) electrons. The van der Waals surface area contributed by atoms with Crippen LogP contribution in [0.5, 0.6) is 5.75 Å². The molecule has 3 nitrogen and oxygen atoms in total. The third-order valence-corrected chi connectivity index (χ3v) is 3.22. The van der Waals surface area contributed by atoms with Crippen molar-refractivity contribution < 1.29 is 4.74 Å². The Hall–Kier alpha value is -1.06. The van der Waals surface area contributed by atoms with Gasteiger partial charge in [0.1, 0.15) is 5.75 Å². The first-order valence-electron chi connectivity index (χ1n) is 7.41. The Morgan fingerprint density at radius 3 is 2.32 bits per heavy atom. The fourth-order valence-corrected chi connectivity index (χ4v) is 2.11. The number of hydrogen-bond donors (Lipinski definition) is 1. The topological polar surface area (TPSA) is 38.5 Å². The van der Waals surface area contributed by atoms with Crippen LogP contribution in [0.1, 0.15) is 45.2 Å². The van der Waals surface area contributed by atoms with Crippen LogP contribution >= 0.6 is 0 Å². The smallest absolute Gasteiger partial charge is 0.119 e. The normalized spacial score (nSPS) is 12.7. The largest absolute Gasteiger partial charge is 0.494 e. The van der Waals surface area contributed by atoms with Crippen molar-refractivity contribution in [2.75, 3.05) is 26.2 Å². The zero-order chi connectivity index (χ0) is 14.1. The summed E-state index contributed by atoms with van der Waals surface area (Å²) in [6.07, 6.45) is 2.20. The lowest BCUT2D eigenvalue weighted by atomic mass is 10.1. The van der Waals surface area contributed by atoms with Crippen LogP contribution in [0, 0.1) is 0 Å². The van der Waals surface area contributed by atoms with Gasteiger partial charge in [-0.05, 0) is 43.6 Å². The average Bonchev–Trinajstić information content (AvgIpc) is 2.45. The minimum Gasteiger partial charge on any atom is -0.494 e. The Labute approximate surface area is 117 Å². The monoisotopic (exact) mass is 264 g/mol. The van der Waals surface area contributed by atoms with Crippen molar-refractivity contribution in [3.63, 3.8) is 0 Å². The molecule has 0 aliphatic rings. The molecule has 1 aromatic carbocycles. The molecule has 108 valence electrons. The fourth-order valence-electron chi connectivity index (χ4n) is 2.11. The van der Waals surface area contributed by atoms with E-state index in [0.29, 0.717) is 0 Å². The molecule has 0 aromatic heterocycles. The number of hydrogen-bond acceptors (Lipinski definition) is 3. The lowest BCUT2D eigenvalue weighted by Crippen LogP contribution is -2.32. The van der Waals surface area contributed by atoms with Gasteiger partial charge in [0.15, 0.2) is 0 Å². The highest BCUT2D eigenvalue weighted by molar-refractivity contribution is 5.29. The van der Waals surface area contributed by atoms with Crippen LogP contribution in [0.25, 0.3) is 0 Å². The number of rotatable bonds is 9. The number of benzene rings is 1. The minimum absolute atomic E-state index is 0.0757. The van der Waals surface area contributed by atoms with Crippen LogP contribution in [-0.2, 0) is 0 Å². The molecule has 0 amide bonds. The van der Waals surface area contributed by atoms with Gasteiger partial charge in [0.25, 0.3) is 0 Å². The highest BCUT2D eigenvalue weighted by Gasteiger charge is 2.10. The van der Waals surface area contributed by atoms with Gasteiger partial charge in [-0.1, -0.05) is 32.9 Å². The van der Waals surface area contributed by atoms with E-state index in [9.17, 15) is 0 Å². The molecule has 0 saturated carbocycles. The molecule has 0 fully saturated rings. The van der Waals surface area contributed by atoms with Gasteiger partial charge in [0, 0.05) is 12.6 Å². The molecule has 0 bridgehead atoms. The summed E-state index contributed by atoms with van der Waals surface area (Å²) in [6.45, 7) is 10.3. The van der Waals surface area contributed by atoms with E-state index in [1.54, 1.807) is 0 Å². The minimum atomic E-state index is 0.0757. The Balaban J connectivity index is 2.54. The summed E-state index contributed by atoms with van der Waals surface area (Å²) in [5.41, 5.74) is 7.45. The van der Waals surface area contributed by atoms with Crippen molar-refractivity contribution in [3.05, 3.63) is 29.8 Å². The molecule has 1 aromatic rings. The van der Waals surface area contributed by atoms with Gasteiger partial charge in [-0.15, -0.1) is 0 Å². The van der Waals surface area contributed by atoms with E-state index < -0.39 is 0 Å². The predicted molar refractivity (Wildman–Crippen MR) is 81.6 cm³/mol. The number of nitrogens with zero attached hydrogens (tertiary/aromatic N) is 1. The van der Waals surface area contributed by atoms with Crippen molar-refractivity contribution in [1.29, 1.82) is 0 Å². The van der Waals surface area contributed by atoms with E-state index in [0.717, 1.165) is 38.4 Å². The van der Waals surface area contributed by atoms with Crippen molar-refractivity contribution in [2.24, 2.45) is 5.73 Å². The second kappa shape index (κ2) is 8.94. The van der Waals surface area contributed by atoms with Crippen LogP contribution in [-0.4, -0.2) is 31.1 Å². The summed E-state index contributed by atoms with van der Waals surface area (Å²) < 4.78 is 5.58. The quantitative estimate of drug-likeness (QED) is 0.744. The van der Waals surface area contributed by atoms with Gasteiger partial charge in [-0.25, -0.2) is 0 Å². The van der Waals surface area contributed by atoms with E-state index in [-0.39, 0.29) is 6.04 Å². The van der Waals surface area contributed by atoms with Crippen LogP contribution < -0.4 is 10.5 Å². The van der Waals surface area contributed by atoms with Crippen LogP contribution in [0.3, 0.4) is 0 Å². The van der Waals surface area contributed by atoms with Gasteiger partial charge in [-0.3, -0.25) is 0 Å². The molecule has 0 spiro atoms. The third-order valence-electron chi connectivity index (χ3n) is 3.22. The Kier molecular flexibility index (Phi) is 7.53. The molecule has 2 N–H and O–H groups in total. The van der Waals surface area contributed by atoms with Crippen molar-refractivity contribution in [3.8, 4) is 5.75 Å². The van der Waals surface area contributed by atoms with Gasteiger partial charge in [0.2, 0.25) is 0 Å². The summed E-state index contributed by atoms with van der Waals surface area (Å²) in [5, 5.41) is 0. The molecule has 1 atom stereocenters. The van der Waals surface area contributed by atoms with E-state index in [2.05, 4.69) is 37.8 Å². The highest BCUT2D eigenvalue weighted by Crippen LogP contribution is 2.17. The standard InChI is InChI=1S/C16H28N2O/c1-4-11-18(6-3)13-16(17)14-7-9-15(10-8-14)19-12-5-2/h7-10,16H,4-6,11-13,17H2,1-3H3. The molecular weight excluding hydrogens is 236 g/mol. The van der Waals surface area contributed by atoms with Crippen molar-refractivity contribution in [1.82, 2.24) is 4.90 Å². The summed E-state index contributed by atoms with van der Waals surface area (Å²) in [7, 11) is 0. The predicted octanol–water partition coefficient (Wildman–Crippen LogP) is 3.21. The molecule has 0 aliphatic carbocycles.